The molecule has 0 radical (unpaired) electrons. The summed E-state index contributed by atoms with van der Waals surface area (Å²) in [5.74, 6) is 0.334. The van der Waals surface area contributed by atoms with Gasteiger partial charge >= 0.3 is 5.97 Å². The number of ether oxygens (including phenoxy) is 2. The van der Waals surface area contributed by atoms with Crippen LogP contribution in [0.15, 0.2) is 18.2 Å². The number of rotatable bonds is 8. The molecule has 0 saturated carbocycles. The number of methoxy groups -OCH3 is 1. The van der Waals surface area contributed by atoms with Gasteiger partial charge in [0.05, 0.1) is 34.4 Å². The molecule has 0 spiro atoms. The number of hydrogen-bond donors (Lipinski definition) is 2. The number of aromatic hydroxyl groups is 1. The van der Waals surface area contributed by atoms with Crippen LogP contribution in [-0.2, 0) is 16.0 Å². The Bertz CT molecular complexity index is 432. The highest BCUT2D eigenvalue weighted by Crippen LogP contribution is 2.26. The van der Waals surface area contributed by atoms with Crippen LogP contribution in [0.1, 0.15) is 18.4 Å². The summed E-state index contributed by atoms with van der Waals surface area (Å²) < 4.78 is 10.2. The largest absolute Gasteiger partial charge is 0.504 e. The lowest BCUT2D eigenvalue weighted by atomic mass is 10.1. The monoisotopic (exact) mass is 282 g/mol. The third-order valence-electron chi connectivity index (χ3n) is 2.95. The van der Waals surface area contributed by atoms with E-state index in [1.54, 1.807) is 18.2 Å². The molecule has 0 aliphatic rings. The minimum atomic E-state index is -0.189. The molecule has 5 nitrogen and oxygen atoms in total. The fraction of sp³-hybridized carbons (Fsp3) is 0.533. The van der Waals surface area contributed by atoms with Crippen molar-refractivity contribution in [2.45, 2.75) is 19.3 Å². The molecule has 0 aliphatic heterocycles. The van der Waals surface area contributed by atoms with E-state index in [-0.39, 0.29) is 11.7 Å². The summed E-state index contributed by atoms with van der Waals surface area (Å²) in [6.07, 6.45) is 1.79. The number of aryl methyl sites for hydroxylation is 1. The van der Waals surface area contributed by atoms with E-state index in [4.69, 9.17) is 9.47 Å². The fourth-order valence-electron chi connectivity index (χ4n) is 1.81. The first-order chi connectivity index (χ1) is 9.52. The Kier molecular flexibility index (Phi) is 6.87. The van der Waals surface area contributed by atoms with Gasteiger partial charge in [-0.25, -0.2) is 0 Å². The number of carbonyl (C=O) groups excluding carboxylic acids is 1. The maximum atomic E-state index is 11.6. The molecule has 0 saturated heterocycles. The molecule has 112 valence electrons. The van der Waals surface area contributed by atoms with E-state index in [9.17, 15) is 9.90 Å². The smallest absolute Gasteiger partial charge is 0.306 e. The molecule has 2 N–H and O–H groups in total. The third kappa shape index (κ3) is 5.93. The zero-order valence-corrected chi connectivity index (χ0v) is 12.4. The molecule has 0 aliphatic carbocycles. The van der Waals surface area contributed by atoms with Crippen molar-refractivity contribution < 1.29 is 24.3 Å². The van der Waals surface area contributed by atoms with Gasteiger partial charge in [0.1, 0.15) is 0 Å². The van der Waals surface area contributed by atoms with E-state index in [1.807, 2.05) is 0 Å². The van der Waals surface area contributed by atoms with Crippen LogP contribution >= 0.6 is 0 Å². The molecule has 0 unspecified atom stereocenters. The van der Waals surface area contributed by atoms with Gasteiger partial charge in [0.2, 0.25) is 0 Å². The van der Waals surface area contributed by atoms with Gasteiger partial charge in [0, 0.05) is 12.8 Å². The molecule has 20 heavy (non-hydrogen) atoms. The molecule has 1 rings (SSSR count). The Morgan fingerprint density at radius 3 is 2.75 bits per heavy atom. The Balaban J connectivity index is 2.30. The maximum Gasteiger partial charge on any atom is 0.306 e. The quantitative estimate of drug-likeness (QED) is 0.535. The van der Waals surface area contributed by atoms with Crippen LogP contribution < -0.4 is 9.64 Å². The minimum absolute atomic E-state index is 0.102. The van der Waals surface area contributed by atoms with Gasteiger partial charge in [-0.3, -0.25) is 4.79 Å². The van der Waals surface area contributed by atoms with Crippen LogP contribution in [0.3, 0.4) is 0 Å². The van der Waals surface area contributed by atoms with Crippen molar-refractivity contribution in [3.63, 3.8) is 0 Å². The van der Waals surface area contributed by atoms with E-state index in [0.29, 0.717) is 25.2 Å². The van der Waals surface area contributed by atoms with Crippen molar-refractivity contribution >= 4 is 5.97 Å². The summed E-state index contributed by atoms with van der Waals surface area (Å²) in [6.45, 7) is 1.46. The molecular weight excluding hydrogens is 258 g/mol. The third-order valence-corrected chi connectivity index (χ3v) is 2.95. The van der Waals surface area contributed by atoms with Gasteiger partial charge < -0.3 is 19.5 Å². The highest BCUT2D eigenvalue weighted by atomic mass is 16.5. The molecule has 0 amide bonds. The molecule has 1 aromatic rings. The molecule has 0 heterocycles. The number of carbonyl (C=O) groups is 1. The summed E-state index contributed by atoms with van der Waals surface area (Å²) in [4.78, 5) is 12.9. The Hall–Kier alpha value is -1.75. The SMILES string of the molecule is COc1cc(CCC(=O)OCCC[NH+](C)C)ccc1O. The number of hydrogen-bond acceptors (Lipinski definition) is 4. The molecule has 1 aromatic carbocycles. The van der Waals surface area contributed by atoms with Crippen molar-refractivity contribution in [2.24, 2.45) is 0 Å². The number of esters is 1. The van der Waals surface area contributed by atoms with Crippen LogP contribution in [0.5, 0.6) is 11.5 Å². The number of nitrogens with one attached hydrogen (secondary N) is 1. The zero-order chi connectivity index (χ0) is 15.0. The van der Waals surface area contributed by atoms with Crippen molar-refractivity contribution in [3.05, 3.63) is 23.8 Å². The summed E-state index contributed by atoms with van der Waals surface area (Å²) >= 11 is 0. The summed E-state index contributed by atoms with van der Waals surface area (Å²) in [6, 6.07) is 5.08. The Morgan fingerprint density at radius 2 is 2.10 bits per heavy atom. The van der Waals surface area contributed by atoms with Crippen LogP contribution in [0, 0.1) is 0 Å². The first-order valence-electron chi connectivity index (χ1n) is 6.83. The highest BCUT2D eigenvalue weighted by Gasteiger charge is 2.07. The fourth-order valence-corrected chi connectivity index (χ4v) is 1.81. The van der Waals surface area contributed by atoms with Gasteiger partial charge in [0.25, 0.3) is 0 Å². The zero-order valence-electron chi connectivity index (χ0n) is 12.4. The van der Waals surface area contributed by atoms with E-state index in [0.717, 1.165) is 18.5 Å². The number of benzene rings is 1. The van der Waals surface area contributed by atoms with E-state index < -0.39 is 0 Å². The minimum Gasteiger partial charge on any atom is -0.504 e. The van der Waals surface area contributed by atoms with Gasteiger partial charge in [-0.1, -0.05) is 6.07 Å². The van der Waals surface area contributed by atoms with Crippen LogP contribution in [0.2, 0.25) is 0 Å². The van der Waals surface area contributed by atoms with Crippen LogP contribution in [0.25, 0.3) is 0 Å². The number of quaternary nitrogens is 1. The standard InChI is InChI=1S/C15H23NO4/c1-16(2)9-4-10-20-15(18)8-6-12-5-7-13(17)14(11-12)19-3/h5,7,11,17H,4,6,8-10H2,1-3H3/p+1. The summed E-state index contributed by atoms with van der Waals surface area (Å²) in [5, 5.41) is 9.48. The van der Waals surface area contributed by atoms with E-state index >= 15 is 0 Å². The highest BCUT2D eigenvalue weighted by molar-refractivity contribution is 5.69. The Labute approximate surface area is 120 Å². The van der Waals surface area contributed by atoms with Crippen LogP contribution in [0.4, 0.5) is 0 Å². The van der Waals surface area contributed by atoms with Crippen molar-refractivity contribution in [3.8, 4) is 11.5 Å². The summed E-state index contributed by atoms with van der Waals surface area (Å²) in [5.41, 5.74) is 0.939. The second kappa shape index (κ2) is 8.43. The molecular formula is C15H24NO4+. The molecule has 0 atom stereocenters. The lowest BCUT2D eigenvalue weighted by Crippen LogP contribution is -3.05. The van der Waals surface area contributed by atoms with Crippen molar-refractivity contribution in [1.82, 2.24) is 0 Å². The second-order valence-corrected chi connectivity index (χ2v) is 5.04. The number of phenols is 1. The first-order valence-corrected chi connectivity index (χ1v) is 6.83. The van der Waals surface area contributed by atoms with Gasteiger partial charge in [-0.15, -0.1) is 0 Å². The van der Waals surface area contributed by atoms with E-state index in [1.165, 1.54) is 12.0 Å². The number of phenolic OH excluding ortho intramolecular Hbond substituents is 1. The van der Waals surface area contributed by atoms with Gasteiger partial charge in [-0.05, 0) is 24.1 Å². The van der Waals surface area contributed by atoms with Crippen LogP contribution in [-0.4, -0.2) is 45.4 Å². The predicted octanol–water partition coefficient (Wildman–Crippen LogP) is 0.411. The molecule has 0 fully saturated rings. The predicted molar refractivity (Wildman–Crippen MR) is 76.2 cm³/mol. The van der Waals surface area contributed by atoms with Gasteiger partial charge in [0.15, 0.2) is 11.5 Å². The maximum absolute atomic E-state index is 11.6. The van der Waals surface area contributed by atoms with Crippen molar-refractivity contribution in [2.75, 3.05) is 34.4 Å². The first kappa shape index (κ1) is 16.3. The van der Waals surface area contributed by atoms with Crippen molar-refractivity contribution in [1.29, 1.82) is 0 Å². The summed E-state index contributed by atoms with van der Waals surface area (Å²) in [7, 11) is 5.64. The second-order valence-electron chi connectivity index (χ2n) is 5.04. The normalized spacial score (nSPS) is 10.6. The lowest BCUT2D eigenvalue weighted by Gasteiger charge is -2.08. The average Bonchev–Trinajstić information content (AvgIpc) is 2.42. The topological polar surface area (TPSA) is 60.2 Å². The lowest BCUT2D eigenvalue weighted by molar-refractivity contribution is -0.858. The Morgan fingerprint density at radius 1 is 1.35 bits per heavy atom. The van der Waals surface area contributed by atoms with Gasteiger partial charge in [-0.2, -0.15) is 0 Å². The molecule has 0 bridgehead atoms. The molecule has 5 heteroatoms. The molecule has 0 aromatic heterocycles. The average molecular weight is 282 g/mol. The van der Waals surface area contributed by atoms with E-state index in [2.05, 4.69) is 14.1 Å².